The second kappa shape index (κ2) is 8.91. The van der Waals surface area contributed by atoms with E-state index in [1.54, 1.807) is 0 Å². The largest absolute Gasteiger partial charge is 0.386 e. The van der Waals surface area contributed by atoms with E-state index in [9.17, 15) is 4.79 Å². The van der Waals surface area contributed by atoms with Crippen molar-refractivity contribution >= 4 is 28.7 Å². The van der Waals surface area contributed by atoms with E-state index < -0.39 is 0 Å². The number of nitrogens with zero attached hydrogens (tertiary/aromatic N) is 3. The van der Waals surface area contributed by atoms with E-state index in [0.717, 1.165) is 48.8 Å². The van der Waals surface area contributed by atoms with Crippen LogP contribution in [0.3, 0.4) is 0 Å². The molecule has 0 unspecified atom stereocenters. The van der Waals surface area contributed by atoms with Crippen molar-refractivity contribution in [1.29, 1.82) is 0 Å². The summed E-state index contributed by atoms with van der Waals surface area (Å²) >= 11 is 0. The summed E-state index contributed by atoms with van der Waals surface area (Å²) in [6.07, 6.45) is 0. The maximum atomic E-state index is 12.7. The molecule has 0 saturated carbocycles. The van der Waals surface area contributed by atoms with Gasteiger partial charge >= 0.3 is 0 Å². The van der Waals surface area contributed by atoms with Crippen molar-refractivity contribution in [2.45, 2.75) is 0 Å². The maximum Gasteiger partial charge on any atom is 0.253 e. The number of rotatable bonds is 5. The van der Waals surface area contributed by atoms with Gasteiger partial charge in [0.2, 0.25) is 0 Å². The average Bonchev–Trinajstić information content (AvgIpc) is 2.84. The molecule has 30 heavy (non-hydrogen) atoms. The molecule has 1 fully saturated rings. The van der Waals surface area contributed by atoms with Crippen molar-refractivity contribution in [1.82, 2.24) is 4.90 Å². The Balaban J connectivity index is 1.49. The first-order chi connectivity index (χ1) is 14.7. The highest BCUT2D eigenvalue weighted by Gasteiger charge is 2.23. The molecule has 1 aliphatic heterocycles. The monoisotopic (exact) mass is 400 g/mol. The molecular formula is C25H28N4O. The van der Waals surface area contributed by atoms with Gasteiger partial charge in [0, 0.05) is 57.2 Å². The van der Waals surface area contributed by atoms with Gasteiger partial charge in [-0.3, -0.25) is 4.79 Å². The second-order valence-electron chi connectivity index (χ2n) is 7.49. The molecule has 1 aliphatic rings. The van der Waals surface area contributed by atoms with Gasteiger partial charge < -0.3 is 20.0 Å². The quantitative estimate of drug-likeness (QED) is 0.686. The third-order valence-electron chi connectivity index (χ3n) is 5.71. The zero-order valence-corrected chi connectivity index (χ0v) is 17.6. The minimum atomic E-state index is 0.116. The van der Waals surface area contributed by atoms with Crippen LogP contribution >= 0.6 is 0 Å². The molecule has 5 nitrogen and oxygen atoms in total. The Morgan fingerprint density at radius 3 is 2.13 bits per heavy atom. The highest BCUT2D eigenvalue weighted by molar-refractivity contribution is 5.94. The molecule has 1 N–H and O–H groups in total. The molecule has 1 heterocycles. The Bertz CT molecular complexity index is 983. The van der Waals surface area contributed by atoms with E-state index in [0.29, 0.717) is 0 Å². The van der Waals surface area contributed by atoms with Crippen LogP contribution in [0.15, 0.2) is 78.9 Å². The Kier molecular flexibility index (Phi) is 5.89. The molecule has 154 valence electrons. The Morgan fingerprint density at radius 1 is 0.867 bits per heavy atom. The summed E-state index contributed by atoms with van der Waals surface area (Å²) in [7, 11) is 4.04. The lowest BCUT2D eigenvalue weighted by molar-refractivity contribution is 0.0747. The number of benzene rings is 3. The van der Waals surface area contributed by atoms with E-state index >= 15 is 0 Å². The number of hydrogen-bond donors (Lipinski definition) is 1. The number of para-hydroxylation sites is 1. The normalized spacial score (nSPS) is 13.8. The van der Waals surface area contributed by atoms with Crippen molar-refractivity contribution in [3.8, 4) is 0 Å². The number of hydrogen-bond acceptors (Lipinski definition) is 4. The first-order valence-corrected chi connectivity index (χ1v) is 10.4. The molecule has 0 spiro atoms. The first-order valence-electron chi connectivity index (χ1n) is 10.4. The Labute approximate surface area is 178 Å². The first kappa shape index (κ1) is 19.8. The predicted octanol–water partition coefficient (Wildman–Crippen LogP) is 4.46. The minimum absolute atomic E-state index is 0.116. The average molecular weight is 401 g/mol. The standard InChI is InChI=1S/C25H28N4O/c1-26-23-14-13-22(19-24(23)27(2)21-11-7-4-8-12-21)28-15-17-29(18-16-28)25(30)20-9-5-3-6-10-20/h3-14,19,26H,15-18H2,1-2H3. The van der Waals surface area contributed by atoms with Crippen LogP contribution in [0.1, 0.15) is 10.4 Å². The molecule has 3 aromatic carbocycles. The lowest BCUT2D eigenvalue weighted by Gasteiger charge is -2.37. The van der Waals surface area contributed by atoms with E-state index in [-0.39, 0.29) is 5.91 Å². The van der Waals surface area contributed by atoms with Gasteiger partial charge in [-0.05, 0) is 42.5 Å². The van der Waals surface area contributed by atoms with Crippen LogP contribution < -0.4 is 15.1 Å². The van der Waals surface area contributed by atoms with Crippen LogP contribution in [-0.2, 0) is 0 Å². The Morgan fingerprint density at radius 2 is 1.50 bits per heavy atom. The summed E-state index contributed by atoms with van der Waals surface area (Å²) in [5.41, 5.74) is 5.30. The summed E-state index contributed by atoms with van der Waals surface area (Å²) in [5.74, 6) is 0.116. The molecule has 0 aromatic heterocycles. The predicted molar refractivity (Wildman–Crippen MR) is 125 cm³/mol. The van der Waals surface area contributed by atoms with Gasteiger partial charge in [-0.2, -0.15) is 0 Å². The van der Waals surface area contributed by atoms with Crippen molar-refractivity contribution in [3.63, 3.8) is 0 Å². The third kappa shape index (κ3) is 4.10. The lowest BCUT2D eigenvalue weighted by Crippen LogP contribution is -2.48. The van der Waals surface area contributed by atoms with Crippen LogP contribution in [0.4, 0.5) is 22.7 Å². The van der Waals surface area contributed by atoms with E-state index in [4.69, 9.17) is 0 Å². The third-order valence-corrected chi connectivity index (χ3v) is 5.71. The summed E-state index contributed by atoms with van der Waals surface area (Å²) in [4.78, 5) is 19.2. The van der Waals surface area contributed by atoms with E-state index in [1.165, 1.54) is 5.69 Å². The number of carbonyl (C=O) groups is 1. The topological polar surface area (TPSA) is 38.8 Å². The van der Waals surface area contributed by atoms with Crippen LogP contribution in [0.25, 0.3) is 0 Å². The van der Waals surface area contributed by atoms with Gasteiger partial charge in [-0.25, -0.2) is 0 Å². The van der Waals surface area contributed by atoms with Gasteiger partial charge in [0.25, 0.3) is 5.91 Å². The molecule has 0 bridgehead atoms. The smallest absolute Gasteiger partial charge is 0.253 e. The molecule has 0 aliphatic carbocycles. The number of amides is 1. The summed E-state index contributed by atoms with van der Waals surface area (Å²) in [5, 5.41) is 3.30. The van der Waals surface area contributed by atoms with E-state index in [1.807, 2.05) is 48.3 Å². The van der Waals surface area contributed by atoms with Gasteiger partial charge in [0.15, 0.2) is 0 Å². The number of piperazine rings is 1. The van der Waals surface area contributed by atoms with Crippen molar-refractivity contribution in [2.24, 2.45) is 0 Å². The van der Waals surface area contributed by atoms with Gasteiger partial charge in [0.05, 0.1) is 11.4 Å². The maximum absolute atomic E-state index is 12.7. The van der Waals surface area contributed by atoms with Crippen molar-refractivity contribution in [2.75, 3.05) is 55.4 Å². The summed E-state index contributed by atoms with van der Waals surface area (Å²) < 4.78 is 0. The number of carbonyl (C=O) groups excluding carboxylic acids is 1. The molecule has 0 atom stereocenters. The van der Waals surface area contributed by atoms with Crippen LogP contribution in [-0.4, -0.2) is 51.1 Å². The SMILES string of the molecule is CNc1ccc(N2CCN(C(=O)c3ccccc3)CC2)cc1N(C)c1ccccc1. The molecule has 0 radical (unpaired) electrons. The van der Waals surface area contributed by atoms with E-state index in [2.05, 4.69) is 64.6 Å². The minimum Gasteiger partial charge on any atom is -0.386 e. The number of nitrogens with one attached hydrogen (secondary N) is 1. The fourth-order valence-electron chi connectivity index (χ4n) is 3.93. The molecule has 1 amide bonds. The van der Waals surface area contributed by atoms with Gasteiger partial charge in [-0.15, -0.1) is 0 Å². The highest BCUT2D eigenvalue weighted by atomic mass is 16.2. The lowest BCUT2D eigenvalue weighted by atomic mass is 10.1. The molecular weight excluding hydrogens is 372 g/mol. The molecule has 3 aromatic rings. The zero-order valence-electron chi connectivity index (χ0n) is 17.6. The highest BCUT2D eigenvalue weighted by Crippen LogP contribution is 2.34. The molecule has 4 rings (SSSR count). The van der Waals surface area contributed by atoms with Crippen LogP contribution in [0, 0.1) is 0 Å². The second-order valence-corrected chi connectivity index (χ2v) is 7.49. The molecule has 1 saturated heterocycles. The summed E-state index contributed by atoms with van der Waals surface area (Å²) in [6, 6.07) is 26.4. The fourth-order valence-corrected chi connectivity index (χ4v) is 3.93. The fraction of sp³-hybridized carbons (Fsp3) is 0.240. The van der Waals surface area contributed by atoms with Crippen molar-refractivity contribution < 1.29 is 4.79 Å². The summed E-state index contributed by atoms with van der Waals surface area (Å²) in [6.45, 7) is 3.11. The van der Waals surface area contributed by atoms with Crippen LogP contribution in [0.2, 0.25) is 0 Å². The Hall–Kier alpha value is -3.47. The van der Waals surface area contributed by atoms with Gasteiger partial charge in [-0.1, -0.05) is 36.4 Å². The number of anilines is 4. The van der Waals surface area contributed by atoms with Crippen LogP contribution in [0.5, 0.6) is 0 Å². The zero-order chi connectivity index (χ0) is 20.9. The molecule has 5 heteroatoms. The van der Waals surface area contributed by atoms with Gasteiger partial charge in [0.1, 0.15) is 0 Å². The van der Waals surface area contributed by atoms with Crippen molar-refractivity contribution in [3.05, 3.63) is 84.4 Å².